The van der Waals surface area contributed by atoms with Crippen molar-refractivity contribution in [1.29, 1.82) is 0 Å². The average Bonchev–Trinajstić information content (AvgIpc) is 2.24. The highest BCUT2D eigenvalue weighted by molar-refractivity contribution is 5.67. The summed E-state index contributed by atoms with van der Waals surface area (Å²) in [5.74, 6) is 0. The lowest BCUT2D eigenvalue weighted by atomic mass is 10.1. The molecule has 0 aromatic heterocycles. The van der Waals surface area contributed by atoms with Crippen LogP contribution in [0.5, 0.6) is 0 Å². The minimum Gasteiger partial charge on any atom is -0.444 e. The van der Waals surface area contributed by atoms with Crippen LogP contribution in [0.1, 0.15) is 66.2 Å². The largest absolute Gasteiger partial charge is 0.444 e. The number of carbonyl (C=O) groups is 1. The predicted octanol–water partition coefficient (Wildman–Crippen LogP) is 4.43. The Labute approximate surface area is 112 Å². The second-order valence-electron chi connectivity index (χ2n) is 5.55. The Hall–Kier alpha value is -0.990. The predicted molar refractivity (Wildman–Crippen MR) is 76.8 cm³/mol. The molecule has 0 spiro atoms. The second kappa shape index (κ2) is 9.98. The first-order valence-electron chi connectivity index (χ1n) is 7.03. The highest BCUT2D eigenvalue weighted by Gasteiger charge is 2.15. The summed E-state index contributed by atoms with van der Waals surface area (Å²) in [5, 5.41) is 2.78. The molecule has 106 valence electrons. The number of carbonyl (C=O) groups excluding carboxylic acids is 1. The fourth-order valence-electron chi connectivity index (χ4n) is 1.59. The third-order valence-electron chi connectivity index (χ3n) is 2.45. The Morgan fingerprint density at radius 1 is 1.11 bits per heavy atom. The molecule has 0 unspecified atom stereocenters. The summed E-state index contributed by atoms with van der Waals surface area (Å²) in [6, 6.07) is 0. The lowest BCUT2D eigenvalue weighted by molar-refractivity contribution is 0.0527. The normalized spacial score (nSPS) is 11.8. The Morgan fingerprint density at radius 2 is 1.72 bits per heavy atom. The van der Waals surface area contributed by atoms with Gasteiger partial charge in [0.15, 0.2) is 0 Å². The van der Waals surface area contributed by atoms with Crippen molar-refractivity contribution in [2.45, 2.75) is 71.8 Å². The zero-order chi connectivity index (χ0) is 13.9. The quantitative estimate of drug-likeness (QED) is 0.515. The molecule has 0 saturated carbocycles. The van der Waals surface area contributed by atoms with E-state index in [-0.39, 0.29) is 6.09 Å². The summed E-state index contributed by atoms with van der Waals surface area (Å²) in [5.41, 5.74) is -0.406. The van der Waals surface area contributed by atoms with Gasteiger partial charge in [0.25, 0.3) is 0 Å². The SMILES string of the molecule is CC=CCCCCCCCNC(=O)OC(C)(C)C. The number of amides is 1. The van der Waals surface area contributed by atoms with Gasteiger partial charge in [-0.3, -0.25) is 0 Å². The number of nitrogens with one attached hydrogen (secondary N) is 1. The van der Waals surface area contributed by atoms with Crippen LogP contribution in [0.3, 0.4) is 0 Å². The van der Waals surface area contributed by atoms with Crippen LogP contribution in [0.4, 0.5) is 4.79 Å². The van der Waals surface area contributed by atoms with Gasteiger partial charge >= 0.3 is 6.09 Å². The molecule has 0 aromatic carbocycles. The molecule has 18 heavy (non-hydrogen) atoms. The number of unbranched alkanes of at least 4 members (excludes halogenated alkanes) is 5. The van der Waals surface area contributed by atoms with Gasteiger partial charge in [-0.05, 0) is 47.0 Å². The smallest absolute Gasteiger partial charge is 0.407 e. The second-order valence-corrected chi connectivity index (χ2v) is 5.55. The van der Waals surface area contributed by atoms with Gasteiger partial charge in [-0.2, -0.15) is 0 Å². The number of allylic oxidation sites excluding steroid dienone is 2. The lowest BCUT2D eigenvalue weighted by Gasteiger charge is -2.19. The van der Waals surface area contributed by atoms with E-state index < -0.39 is 5.60 Å². The molecule has 0 rings (SSSR count). The van der Waals surface area contributed by atoms with E-state index in [4.69, 9.17) is 4.74 Å². The van der Waals surface area contributed by atoms with E-state index in [1.165, 1.54) is 32.1 Å². The summed E-state index contributed by atoms with van der Waals surface area (Å²) >= 11 is 0. The van der Waals surface area contributed by atoms with Gasteiger partial charge in [0.1, 0.15) is 5.60 Å². The fourth-order valence-corrected chi connectivity index (χ4v) is 1.59. The number of alkyl carbamates (subject to hydrolysis) is 1. The van der Waals surface area contributed by atoms with Crippen LogP contribution in [0.2, 0.25) is 0 Å². The summed E-state index contributed by atoms with van der Waals surface area (Å²) < 4.78 is 5.15. The third kappa shape index (κ3) is 13.1. The molecule has 0 bridgehead atoms. The number of hydrogen-bond donors (Lipinski definition) is 1. The van der Waals surface area contributed by atoms with E-state index in [0.29, 0.717) is 6.54 Å². The Bertz CT molecular complexity index is 241. The van der Waals surface area contributed by atoms with Gasteiger partial charge in [-0.25, -0.2) is 4.79 Å². The van der Waals surface area contributed by atoms with Crippen LogP contribution in [0, 0.1) is 0 Å². The monoisotopic (exact) mass is 255 g/mol. The average molecular weight is 255 g/mol. The highest BCUT2D eigenvalue weighted by Crippen LogP contribution is 2.07. The first-order valence-corrected chi connectivity index (χ1v) is 7.03. The Balaban J connectivity index is 3.28. The van der Waals surface area contributed by atoms with Crippen molar-refractivity contribution >= 4 is 6.09 Å². The molecule has 0 aliphatic heterocycles. The fraction of sp³-hybridized carbons (Fsp3) is 0.800. The van der Waals surface area contributed by atoms with Crippen molar-refractivity contribution in [3.8, 4) is 0 Å². The Kier molecular flexibility index (Phi) is 9.43. The van der Waals surface area contributed by atoms with Crippen LogP contribution in [-0.2, 0) is 4.74 Å². The van der Waals surface area contributed by atoms with Gasteiger partial charge < -0.3 is 10.1 Å². The van der Waals surface area contributed by atoms with E-state index in [2.05, 4.69) is 24.4 Å². The lowest BCUT2D eigenvalue weighted by Crippen LogP contribution is -2.32. The number of rotatable bonds is 8. The molecule has 0 heterocycles. The zero-order valence-electron chi connectivity index (χ0n) is 12.4. The van der Waals surface area contributed by atoms with Crippen molar-refractivity contribution < 1.29 is 9.53 Å². The molecule has 0 saturated heterocycles. The molecule has 0 atom stereocenters. The highest BCUT2D eigenvalue weighted by atomic mass is 16.6. The van der Waals surface area contributed by atoms with E-state index >= 15 is 0 Å². The first-order chi connectivity index (χ1) is 8.45. The molecule has 1 amide bonds. The molecule has 0 aliphatic rings. The van der Waals surface area contributed by atoms with Gasteiger partial charge in [-0.1, -0.05) is 31.4 Å². The van der Waals surface area contributed by atoms with Gasteiger partial charge in [0, 0.05) is 6.54 Å². The summed E-state index contributed by atoms with van der Waals surface area (Å²) in [4.78, 5) is 11.3. The minimum absolute atomic E-state index is 0.310. The van der Waals surface area contributed by atoms with Crippen LogP contribution in [0.25, 0.3) is 0 Å². The van der Waals surface area contributed by atoms with Gasteiger partial charge in [-0.15, -0.1) is 0 Å². The van der Waals surface area contributed by atoms with E-state index in [1.54, 1.807) is 0 Å². The first kappa shape index (κ1) is 17.0. The van der Waals surface area contributed by atoms with E-state index in [0.717, 1.165) is 6.42 Å². The van der Waals surface area contributed by atoms with Crippen molar-refractivity contribution in [1.82, 2.24) is 5.32 Å². The van der Waals surface area contributed by atoms with Gasteiger partial charge in [0.05, 0.1) is 0 Å². The number of ether oxygens (including phenoxy) is 1. The van der Waals surface area contributed by atoms with Crippen molar-refractivity contribution in [2.24, 2.45) is 0 Å². The van der Waals surface area contributed by atoms with Gasteiger partial charge in [0.2, 0.25) is 0 Å². The molecule has 0 aromatic rings. The zero-order valence-corrected chi connectivity index (χ0v) is 12.4. The topological polar surface area (TPSA) is 38.3 Å². The maximum atomic E-state index is 11.3. The maximum Gasteiger partial charge on any atom is 0.407 e. The van der Waals surface area contributed by atoms with Crippen molar-refractivity contribution in [3.63, 3.8) is 0 Å². The molecular formula is C15H29NO2. The van der Waals surface area contributed by atoms with Crippen molar-refractivity contribution in [3.05, 3.63) is 12.2 Å². The van der Waals surface area contributed by atoms with Crippen molar-refractivity contribution in [2.75, 3.05) is 6.54 Å². The molecule has 1 N–H and O–H groups in total. The number of hydrogen-bond acceptors (Lipinski definition) is 2. The van der Waals surface area contributed by atoms with Crippen LogP contribution >= 0.6 is 0 Å². The van der Waals surface area contributed by atoms with Crippen LogP contribution in [-0.4, -0.2) is 18.2 Å². The summed E-state index contributed by atoms with van der Waals surface area (Å²) in [6.07, 6.45) is 11.2. The standard InChI is InChI=1S/C15H29NO2/c1-5-6-7-8-9-10-11-12-13-16-14(17)18-15(2,3)4/h5-6H,7-13H2,1-4H3,(H,16,17). The minimum atomic E-state index is -0.406. The summed E-state index contributed by atoms with van der Waals surface area (Å²) in [6.45, 7) is 8.39. The molecular weight excluding hydrogens is 226 g/mol. The van der Waals surface area contributed by atoms with Crippen LogP contribution in [0.15, 0.2) is 12.2 Å². The third-order valence-corrected chi connectivity index (χ3v) is 2.45. The molecule has 3 heteroatoms. The summed E-state index contributed by atoms with van der Waals surface area (Å²) in [7, 11) is 0. The van der Waals surface area contributed by atoms with E-state index in [9.17, 15) is 4.79 Å². The Morgan fingerprint density at radius 3 is 2.33 bits per heavy atom. The molecule has 0 fully saturated rings. The molecule has 0 aliphatic carbocycles. The van der Waals surface area contributed by atoms with E-state index in [1.807, 2.05) is 20.8 Å². The molecule has 0 radical (unpaired) electrons. The molecule has 3 nitrogen and oxygen atoms in total. The van der Waals surface area contributed by atoms with Crippen LogP contribution < -0.4 is 5.32 Å². The maximum absolute atomic E-state index is 11.3.